The molecule has 5 nitrogen and oxygen atoms in total. The van der Waals surface area contributed by atoms with E-state index in [9.17, 15) is 9.90 Å². The molecular weight excluding hydrogens is 346 g/mol. The Balaban J connectivity index is 1.65. The molecule has 2 aromatic rings. The number of aromatic nitrogens is 1. The van der Waals surface area contributed by atoms with Crippen LogP contribution in [-0.2, 0) is 17.9 Å². The lowest BCUT2D eigenvalue weighted by atomic mass is 9.90. The topological polar surface area (TPSA) is 56.7 Å². The van der Waals surface area contributed by atoms with Crippen molar-refractivity contribution in [2.75, 3.05) is 20.1 Å². The molecule has 1 aliphatic rings. The highest BCUT2D eigenvalue weighted by molar-refractivity contribution is 7.09. The lowest BCUT2D eigenvalue weighted by Crippen LogP contribution is -2.57. The molecule has 140 valence electrons. The minimum absolute atomic E-state index is 0.160. The molecule has 1 amide bonds. The van der Waals surface area contributed by atoms with Crippen LogP contribution in [0, 0.1) is 13.8 Å². The Bertz CT molecular complexity index is 776. The normalized spacial score (nSPS) is 20.8. The van der Waals surface area contributed by atoms with Gasteiger partial charge in [-0.15, -0.1) is 11.3 Å². The number of nitrogens with zero attached hydrogens (tertiary/aromatic N) is 3. The predicted molar refractivity (Wildman–Crippen MR) is 104 cm³/mol. The van der Waals surface area contributed by atoms with Gasteiger partial charge in [-0.3, -0.25) is 9.69 Å². The molecule has 2 heterocycles. The molecule has 0 aliphatic carbocycles. The van der Waals surface area contributed by atoms with Gasteiger partial charge in [-0.25, -0.2) is 4.98 Å². The molecule has 0 saturated carbocycles. The summed E-state index contributed by atoms with van der Waals surface area (Å²) >= 11 is 1.61. The van der Waals surface area contributed by atoms with Crippen LogP contribution in [0.1, 0.15) is 34.7 Å². The molecule has 1 atom stereocenters. The van der Waals surface area contributed by atoms with Crippen LogP contribution in [0.3, 0.4) is 0 Å². The van der Waals surface area contributed by atoms with Gasteiger partial charge in [-0.2, -0.15) is 0 Å². The fourth-order valence-corrected chi connectivity index (χ4v) is 4.45. The van der Waals surface area contributed by atoms with Crippen molar-refractivity contribution in [1.82, 2.24) is 14.8 Å². The van der Waals surface area contributed by atoms with E-state index in [2.05, 4.69) is 11.1 Å². The third kappa shape index (κ3) is 4.50. The van der Waals surface area contributed by atoms with Gasteiger partial charge in [0.2, 0.25) is 0 Å². The van der Waals surface area contributed by atoms with E-state index < -0.39 is 5.60 Å². The zero-order chi connectivity index (χ0) is 18.7. The van der Waals surface area contributed by atoms with Crippen molar-refractivity contribution in [3.05, 3.63) is 51.5 Å². The average molecular weight is 374 g/mol. The number of carbonyl (C=O) groups is 1. The van der Waals surface area contributed by atoms with Crippen LogP contribution in [0.4, 0.5) is 0 Å². The number of likely N-dealkylation sites (N-methyl/N-ethyl adjacent to an activating group) is 1. The van der Waals surface area contributed by atoms with Crippen molar-refractivity contribution in [3.63, 3.8) is 0 Å². The molecule has 0 radical (unpaired) electrons. The summed E-state index contributed by atoms with van der Waals surface area (Å²) in [6.45, 7) is 6.25. The zero-order valence-electron chi connectivity index (χ0n) is 15.7. The van der Waals surface area contributed by atoms with Gasteiger partial charge in [-0.1, -0.05) is 29.8 Å². The molecule has 1 saturated heterocycles. The number of rotatable bonds is 6. The van der Waals surface area contributed by atoms with Crippen LogP contribution in [0.2, 0.25) is 0 Å². The number of carbonyl (C=O) groups excluding carboxylic acids is 1. The summed E-state index contributed by atoms with van der Waals surface area (Å²) in [6, 6.07) is 8.19. The van der Waals surface area contributed by atoms with Gasteiger partial charge < -0.3 is 10.0 Å². The van der Waals surface area contributed by atoms with Crippen molar-refractivity contribution < 1.29 is 9.90 Å². The average Bonchev–Trinajstić information content (AvgIpc) is 2.97. The number of piperidine rings is 1. The second-order valence-electron chi connectivity index (χ2n) is 7.41. The van der Waals surface area contributed by atoms with Crippen LogP contribution < -0.4 is 0 Å². The minimum atomic E-state index is -1.32. The molecule has 1 aromatic heterocycles. The molecule has 1 unspecified atom stereocenters. The third-order valence-corrected chi connectivity index (χ3v) is 5.71. The predicted octanol–water partition coefficient (Wildman–Crippen LogP) is 2.75. The number of aliphatic hydroxyl groups is 1. The summed E-state index contributed by atoms with van der Waals surface area (Å²) in [4.78, 5) is 21.2. The highest BCUT2D eigenvalue weighted by Crippen LogP contribution is 2.26. The summed E-state index contributed by atoms with van der Waals surface area (Å²) < 4.78 is 0. The molecule has 1 fully saturated rings. The lowest BCUT2D eigenvalue weighted by Gasteiger charge is -2.40. The first kappa shape index (κ1) is 19.0. The van der Waals surface area contributed by atoms with E-state index in [0.29, 0.717) is 32.6 Å². The van der Waals surface area contributed by atoms with Gasteiger partial charge in [0.05, 0.1) is 6.54 Å². The summed E-state index contributed by atoms with van der Waals surface area (Å²) in [6.07, 6.45) is 1.33. The number of hydrogen-bond acceptors (Lipinski definition) is 5. The molecule has 6 heteroatoms. The molecule has 0 spiro atoms. The van der Waals surface area contributed by atoms with E-state index >= 15 is 0 Å². The van der Waals surface area contributed by atoms with E-state index in [1.807, 2.05) is 49.4 Å². The van der Waals surface area contributed by atoms with Gasteiger partial charge in [0.25, 0.3) is 5.91 Å². The van der Waals surface area contributed by atoms with E-state index in [1.165, 1.54) is 5.56 Å². The Labute approximate surface area is 159 Å². The molecule has 1 N–H and O–H groups in total. The van der Waals surface area contributed by atoms with E-state index in [-0.39, 0.29) is 5.91 Å². The summed E-state index contributed by atoms with van der Waals surface area (Å²) in [5.74, 6) is -0.160. The minimum Gasteiger partial charge on any atom is -0.379 e. The zero-order valence-corrected chi connectivity index (χ0v) is 16.6. The number of hydrogen-bond donors (Lipinski definition) is 1. The second kappa shape index (κ2) is 7.86. The number of benzene rings is 1. The fourth-order valence-electron chi connectivity index (χ4n) is 3.60. The number of thiazole rings is 1. The SMILES string of the molecule is Cc1cccc(CN2CCCC(O)(CN(C)Cc3nc(C)cs3)C2=O)c1. The van der Waals surface area contributed by atoms with Crippen molar-refractivity contribution in [1.29, 1.82) is 0 Å². The van der Waals surface area contributed by atoms with Crippen LogP contribution in [-0.4, -0.2) is 51.5 Å². The molecule has 0 bridgehead atoms. The smallest absolute Gasteiger partial charge is 0.256 e. The molecular formula is C20H27N3O2S. The maximum Gasteiger partial charge on any atom is 0.256 e. The molecule has 1 aliphatic heterocycles. The summed E-state index contributed by atoms with van der Waals surface area (Å²) in [7, 11) is 1.93. The van der Waals surface area contributed by atoms with Crippen molar-refractivity contribution in [3.8, 4) is 0 Å². The van der Waals surface area contributed by atoms with Crippen LogP contribution in [0.15, 0.2) is 29.6 Å². The van der Waals surface area contributed by atoms with Gasteiger partial charge in [-0.05, 0) is 39.3 Å². The van der Waals surface area contributed by atoms with Crippen molar-refractivity contribution in [2.24, 2.45) is 0 Å². The van der Waals surface area contributed by atoms with Crippen molar-refractivity contribution >= 4 is 17.2 Å². The van der Waals surface area contributed by atoms with Crippen molar-refractivity contribution in [2.45, 2.75) is 45.4 Å². The first-order valence-corrected chi connectivity index (χ1v) is 9.90. The number of aryl methyl sites for hydroxylation is 2. The standard InChI is InChI=1S/C20H27N3O2S/c1-15-6-4-7-17(10-15)11-23-9-5-8-20(25,19(23)24)14-22(3)12-18-21-16(2)13-26-18/h4,6-7,10,13,25H,5,8-9,11-12,14H2,1-3H3. The van der Waals surface area contributed by atoms with E-state index in [0.717, 1.165) is 22.7 Å². The first-order valence-electron chi connectivity index (χ1n) is 9.02. The maximum absolute atomic E-state index is 13.0. The fraction of sp³-hybridized carbons (Fsp3) is 0.500. The monoisotopic (exact) mass is 373 g/mol. The lowest BCUT2D eigenvalue weighted by molar-refractivity contribution is -0.160. The third-order valence-electron chi connectivity index (χ3n) is 4.76. The van der Waals surface area contributed by atoms with Gasteiger partial charge in [0, 0.05) is 30.7 Å². The Morgan fingerprint density at radius 1 is 1.38 bits per heavy atom. The molecule has 26 heavy (non-hydrogen) atoms. The Morgan fingerprint density at radius 3 is 2.88 bits per heavy atom. The number of likely N-dealkylation sites (tertiary alicyclic amines) is 1. The number of amides is 1. The van der Waals surface area contributed by atoms with Gasteiger partial charge >= 0.3 is 0 Å². The van der Waals surface area contributed by atoms with Crippen LogP contribution >= 0.6 is 11.3 Å². The second-order valence-corrected chi connectivity index (χ2v) is 8.35. The highest BCUT2D eigenvalue weighted by atomic mass is 32.1. The largest absolute Gasteiger partial charge is 0.379 e. The van der Waals surface area contributed by atoms with E-state index in [4.69, 9.17) is 0 Å². The van der Waals surface area contributed by atoms with Crippen LogP contribution in [0.25, 0.3) is 0 Å². The summed E-state index contributed by atoms with van der Waals surface area (Å²) in [5, 5.41) is 14.1. The Kier molecular flexibility index (Phi) is 5.75. The van der Waals surface area contributed by atoms with Crippen LogP contribution in [0.5, 0.6) is 0 Å². The Hall–Kier alpha value is -1.76. The van der Waals surface area contributed by atoms with E-state index in [1.54, 1.807) is 16.2 Å². The molecule has 1 aromatic carbocycles. The summed E-state index contributed by atoms with van der Waals surface area (Å²) in [5.41, 5.74) is 1.98. The maximum atomic E-state index is 13.0. The Morgan fingerprint density at radius 2 is 2.19 bits per heavy atom. The van der Waals surface area contributed by atoms with Gasteiger partial charge in [0.15, 0.2) is 5.60 Å². The van der Waals surface area contributed by atoms with Gasteiger partial charge in [0.1, 0.15) is 5.01 Å². The first-order chi connectivity index (χ1) is 12.4. The quantitative estimate of drug-likeness (QED) is 0.846. The molecule has 3 rings (SSSR count). The highest BCUT2D eigenvalue weighted by Gasteiger charge is 2.42.